The largest absolute Gasteiger partial charge is 0.348 e. The Morgan fingerprint density at radius 2 is 2.17 bits per heavy atom. The summed E-state index contributed by atoms with van der Waals surface area (Å²) in [7, 11) is 0. The van der Waals surface area contributed by atoms with Crippen LogP contribution in [0.4, 0.5) is 0 Å². The first-order valence-corrected chi connectivity index (χ1v) is 7.77. The van der Waals surface area contributed by atoms with Crippen molar-refractivity contribution in [2.24, 2.45) is 0 Å². The van der Waals surface area contributed by atoms with Gasteiger partial charge in [0.05, 0.1) is 0 Å². The zero-order valence-electron chi connectivity index (χ0n) is 13.5. The van der Waals surface area contributed by atoms with Gasteiger partial charge in [-0.2, -0.15) is 5.10 Å². The molecule has 3 rings (SSSR count). The van der Waals surface area contributed by atoms with Gasteiger partial charge in [0.25, 0.3) is 5.91 Å². The number of aromatic amines is 1. The molecule has 23 heavy (non-hydrogen) atoms. The maximum Gasteiger partial charge on any atom is 0.272 e. The number of fused-ring (bicyclic) bond motifs is 1. The van der Waals surface area contributed by atoms with Crippen molar-refractivity contribution in [1.82, 2.24) is 20.8 Å². The van der Waals surface area contributed by atoms with Crippen molar-refractivity contribution >= 4 is 18.3 Å². The molecular weight excluding hydrogens is 312 g/mol. The van der Waals surface area contributed by atoms with Crippen LogP contribution in [0.5, 0.6) is 0 Å². The lowest BCUT2D eigenvalue weighted by atomic mass is 10.0. The summed E-state index contributed by atoms with van der Waals surface area (Å²) in [6.07, 6.45) is 1.72. The third kappa shape index (κ3) is 3.92. The maximum absolute atomic E-state index is 12.4. The number of benzene rings is 1. The van der Waals surface area contributed by atoms with E-state index >= 15 is 0 Å². The molecule has 0 saturated heterocycles. The molecule has 1 amide bonds. The van der Waals surface area contributed by atoms with Gasteiger partial charge in [0.15, 0.2) is 5.69 Å². The van der Waals surface area contributed by atoms with Gasteiger partial charge in [-0.1, -0.05) is 24.3 Å². The maximum atomic E-state index is 12.4. The van der Waals surface area contributed by atoms with Crippen LogP contribution in [0.2, 0.25) is 0 Å². The number of hydrogen-bond acceptors (Lipinski definition) is 3. The van der Waals surface area contributed by atoms with Crippen LogP contribution in [0.15, 0.2) is 24.3 Å². The smallest absolute Gasteiger partial charge is 0.272 e. The van der Waals surface area contributed by atoms with E-state index in [1.807, 2.05) is 19.1 Å². The molecule has 0 radical (unpaired) electrons. The van der Waals surface area contributed by atoms with Gasteiger partial charge in [0.2, 0.25) is 0 Å². The highest BCUT2D eigenvalue weighted by Crippen LogP contribution is 2.16. The van der Waals surface area contributed by atoms with Gasteiger partial charge in [0, 0.05) is 36.8 Å². The Balaban J connectivity index is 0.00000192. The van der Waals surface area contributed by atoms with Crippen molar-refractivity contribution in [3.05, 3.63) is 52.3 Å². The van der Waals surface area contributed by atoms with E-state index in [-0.39, 0.29) is 24.4 Å². The summed E-state index contributed by atoms with van der Waals surface area (Å²) in [5.41, 5.74) is 5.13. The molecule has 1 aromatic heterocycles. The molecule has 1 aliphatic rings. The van der Waals surface area contributed by atoms with Crippen LogP contribution < -0.4 is 10.6 Å². The van der Waals surface area contributed by atoms with Crippen molar-refractivity contribution in [3.8, 4) is 0 Å². The van der Waals surface area contributed by atoms with E-state index in [1.165, 1.54) is 11.1 Å². The summed E-state index contributed by atoms with van der Waals surface area (Å²) in [5, 5.41) is 13.5. The second kappa shape index (κ2) is 7.62. The third-order valence-corrected chi connectivity index (χ3v) is 4.19. The number of aromatic nitrogens is 2. The molecule has 1 unspecified atom stereocenters. The van der Waals surface area contributed by atoms with Crippen LogP contribution in [-0.4, -0.2) is 28.7 Å². The van der Waals surface area contributed by atoms with Crippen molar-refractivity contribution in [2.45, 2.75) is 39.3 Å². The average Bonchev–Trinajstić information content (AvgIpc) is 2.93. The minimum absolute atomic E-state index is 0. The van der Waals surface area contributed by atoms with Crippen molar-refractivity contribution < 1.29 is 4.79 Å². The van der Waals surface area contributed by atoms with Crippen molar-refractivity contribution in [1.29, 1.82) is 0 Å². The fourth-order valence-corrected chi connectivity index (χ4v) is 2.93. The lowest BCUT2D eigenvalue weighted by molar-refractivity contribution is 0.0934. The van der Waals surface area contributed by atoms with Crippen molar-refractivity contribution in [3.63, 3.8) is 0 Å². The van der Waals surface area contributed by atoms with Crippen molar-refractivity contribution in [2.75, 3.05) is 6.54 Å². The highest BCUT2D eigenvalue weighted by atomic mass is 35.5. The predicted octanol–water partition coefficient (Wildman–Crippen LogP) is 2.15. The van der Waals surface area contributed by atoms with Gasteiger partial charge in [-0.25, -0.2) is 0 Å². The van der Waals surface area contributed by atoms with E-state index in [4.69, 9.17) is 0 Å². The normalized spacial score (nSPS) is 14.5. The second-order valence-electron chi connectivity index (χ2n) is 5.96. The number of hydrogen-bond donors (Lipinski definition) is 3. The molecule has 0 saturated carbocycles. The molecule has 124 valence electrons. The van der Waals surface area contributed by atoms with Crippen LogP contribution in [0.1, 0.15) is 39.8 Å². The lowest BCUT2D eigenvalue weighted by Gasteiger charge is -2.16. The summed E-state index contributed by atoms with van der Waals surface area (Å²) in [6.45, 7) is 5.77. The number of H-pyrrole nitrogens is 1. The van der Waals surface area contributed by atoms with E-state index < -0.39 is 0 Å². The molecule has 5 nitrogen and oxygen atoms in total. The van der Waals surface area contributed by atoms with Crippen LogP contribution in [0, 0.1) is 6.92 Å². The molecule has 1 atom stereocenters. The minimum Gasteiger partial charge on any atom is -0.348 e. The molecule has 0 aliphatic carbocycles. The molecule has 2 aromatic rings. The zero-order chi connectivity index (χ0) is 15.5. The van der Waals surface area contributed by atoms with E-state index in [2.05, 4.69) is 39.9 Å². The summed E-state index contributed by atoms with van der Waals surface area (Å²) in [4.78, 5) is 12.4. The molecule has 0 spiro atoms. The fourth-order valence-electron chi connectivity index (χ4n) is 2.93. The second-order valence-corrected chi connectivity index (χ2v) is 5.96. The van der Waals surface area contributed by atoms with Gasteiger partial charge < -0.3 is 10.6 Å². The molecule has 6 heteroatoms. The van der Waals surface area contributed by atoms with Crippen LogP contribution in [0.25, 0.3) is 0 Å². The Morgan fingerprint density at radius 3 is 2.96 bits per heavy atom. The van der Waals surface area contributed by atoms with Crippen LogP contribution in [0.3, 0.4) is 0 Å². The highest BCUT2D eigenvalue weighted by Gasteiger charge is 2.22. The zero-order valence-corrected chi connectivity index (χ0v) is 14.3. The number of carbonyl (C=O) groups excluding carboxylic acids is 1. The molecule has 2 heterocycles. The Kier molecular flexibility index (Phi) is 5.80. The number of halogens is 1. The number of carbonyl (C=O) groups is 1. The molecule has 3 N–H and O–H groups in total. The summed E-state index contributed by atoms with van der Waals surface area (Å²) >= 11 is 0. The quantitative estimate of drug-likeness (QED) is 0.802. The van der Waals surface area contributed by atoms with E-state index in [0.717, 1.165) is 30.6 Å². The predicted molar refractivity (Wildman–Crippen MR) is 93.1 cm³/mol. The minimum atomic E-state index is -0.0951. The van der Waals surface area contributed by atoms with E-state index in [1.54, 1.807) is 0 Å². The first kappa shape index (κ1) is 17.5. The summed E-state index contributed by atoms with van der Waals surface area (Å²) < 4.78 is 0. The van der Waals surface area contributed by atoms with Gasteiger partial charge in [-0.15, -0.1) is 12.4 Å². The van der Waals surface area contributed by atoms with E-state index in [9.17, 15) is 4.79 Å². The number of aryl methyl sites for hydroxylation is 1. The van der Waals surface area contributed by atoms with E-state index in [0.29, 0.717) is 12.2 Å². The lowest BCUT2D eigenvalue weighted by Crippen LogP contribution is -2.35. The monoisotopic (exact) mass is 334 g/mol. The highest BCUT2D eigenvalue weighted by molar-refractivity contribution is 5.94. The topological polar surface area (TPSA) is 69.8 Å². The first-order chi connectivity index (χ1) is 10.6. The molecule has 0 bridgehead atoms. The summed E-state index contributed by atoms with van der Waals surface area (Å²) in [6, 6.07) is 8.34. The number of nitrogens with one attached hydrogen (secondary N) is 3. The Morgan fingerprint density at radius 1 is 1.39 bits per heavy atom. The SMILES string of the molecule is Cc1ccccc1CC(C)NC(=O)c1n[nH]c2c1CNCC2.Cl. The van der Waals surface area contributed by atoms with Gasteiger partial charge in [-0.3, -0.25) is 9.89 Å². The van der Waals surface area contributed by atoms with Gasteiger partial charge >= 0.3 is 0 Å². The number of rotatable bonds is 4. The molecule has 1 aliphatic heterocycles. The van der Waals surface area contributed by atoms with Gasteiger partial charge in [0.1, 0.15) is 0 Å². The Bertz CT molecular complexity index is 683. The Hall–Kier alpha value is -1.85. The molecule has 1 aromatic carbocycles. The fraction of sp³-hybridized carbons (Fsp3) is 0.412. The number of amides is 1. The summed E-state index contributed by atoms with van der Waals surface area (Å²) in [5.74, 6) is -0.0951. The third-order valence-electron chi connectivity index (χ3n) is 4.19. The van der Waals surface area contributed by atoms with Gasteiger partial charge in [-0.05, 0) is 31.4 Å². The average molecular weight is 335 g/mol. The standard InChI is InChI=1S/C17H22N4O.ClH/c1-11-5-3-4-6-13(11)9-12(2)19-17(22)16-14-10-18-8-7-15(14)20-21-16;/h3-6,12,18H,7-10H2,1-2H3,(H,19,22)(H,20,21);1H. The molecule has 0 fully saturated rings. The Labute approximate surface area is 142 Å². The number of nitrogens with zero attached hydrogens (tertiary/aromatic N) is 1. The van der Waals surface area contributed by atoms with Crippen LogP contribution >= 0.6 is 12.4 Å². The van der Waals surface area contributed by atoms with Crippen LogP contribution in [-0.2, 0) is 19.4 Å². The first-order valence-electron chi connectivity index (χ1n) is 7.77. The molecular formula is C17H23ClN4O.